The number of rotatable bonds is 5. The topological polar surface area (TPSA) is 81.0 Å². The largest absolute Gasteiger partial charge is 0.455 e. The molecule has 0 saturated carbocycles. The van der Waals surface area contributed by atoms with Crippen LogP contribution in [0.3, 0.4) is 0 Å². The fourth-order valence-electron chi connectivity index (χ4n) is 2.53. The number of methoxy groups -OCH3 is 1. The van der Waals surface area contributed by atoms with Crippen molar-refractivity contribution in [1.29, 1.82) is 5.26 Å². The van der Waals surface area contributed by atoms with E-state index in [9.17, 15) is 10.1 Å². The molecule has 0 N–H and O–H groups in total. The van der Waals surface area contributed by atoms with Crippen molar-refractivity contribution in [2.45, 2.75) is 12.5 Å². The van der Waals surface area contributed by atoms with E-state index in [1.54, 1.807) is 30.9 Å². The van der Waals surface area contributed by atoms with Gasteiger partial charge in [-0.15, -0.1) is 0 Å². The van der Waals surface area contributed by atoms with Gasteiger partial charge in [0.25, 0.3) is 0 Å². The van der Waals surface area contributed by atoms with Crippen LogP contribution in [0.2, 0.25) is 0 Å². The molecule has 2 heterocycles. The van der Waals surface area contributed by atoms with E-state index in [4.69, 9.17) is 9.15 Å². The average Bonchev–Trinajstić information content (AvgIpc) is 3.15. The van der Waals surface area contributed by atoms with Crippen molar-refractivity contribution in [2.75, 3.05) is 7.11 Å². The average molecular weight is 309 g/mol. The van der Waals surface area contributed by atoms with Crippen LogP contribution in [0.4, 0.5) is 0 Å². The summed E-state index contributed by atoms with van der Waals surface area (Å²) in [4.78, 5) is 17.0. The minimum Gasteiger partial charge on any atom is -0.455 e. The Bertz CT molecular complexity index is 901. The SMILES string of the molecule is COCc1ccc(C(=O)C(C#N)c2nc3ccccc3n2C)o1. The van der Waals surface area contributed by atoms with Gasteiger partial charge in [-0.25, -0.2) is 4.98 Å². The third-order valence-corrected chi connectivity index (χ3v) is 3.66. The number of para-hydroxylation sites is 2. The van der Waals surface area contributed by atoms with Crippen LogP contribution in [0.1, 0.15) is 28.1 Å². The number of benzene rings is 1. The van der Waals surface area contributed by atoms with Gasteiger partial charge in [0.05, 0.1) is 17.1 Å². The zero-order valence-electron chi connectivity index (χ0n) is 12.8. The Labute approximate surface area is 132 Å². The second-order valence-electron chi connectivity index (χ2n) is 5.14. The summed E-state index contributed by atoms with van der Waals surface area (Å²) < 4.78 is 12.2. The lowest BCUT2D eigenvalue weighted by Gasteiger charge is -2.07. The van der Waals surface area contributed by atoms with Gasteiger partial charge in [0.2, 0.25) is 5.78 Å². The standard InChI is InChI=1S/C17H15N3O3/c1-20-14-6-4-3-5-13(14)19-17(20)12(9-18)16(21)15-8-7-11(23-15)10-22-2/h3-8,12H,10H2,1-2H3. The van der Waals surface area contributed by atoms with E-state index in [0.29, 0.717) is 11.6 Å². The van der Waals surface area contributed by atoms with E-state index in [2.05, 4.69) is 4.98 Å². The number of ketones is 1. The summed E-state index contributed by atoms with van der Waals surface area (Å²) in [5.41, 5.74) is 1.62. The molecule has 0 amide bonds. The molecule has 0 radical (unpaired) electrons. The highest BCUT2D eigenvalue weighted by Crippen LogP contribution is 2.24. The van der Waals surface area contributed by atoms with E-state index in [1.807, 2.05) is 30.3 Å². The van der Waals surface area contributed by atoms with Gasteiger partial charge in [0.15, 0.2) is 11.7 Å². The molecular formula is C17H15N3O3. The van der Waals surface area contributed by atoms with Gasteiger partial charge in [-0.05, 0) is 24.3 Å². The van der Waals surface area contributed by atoms with E-state index >= 15 is 0 Å². The molecule has 3 aromatic rings. The molecule has 23 heavy (non-hydrogen) atoms. The number of aryl methyl sites for hydroxylation is 1. The lowest BCUT2D eigenvalue weighted by molar-refractivity contribution is 0.0939. The number of fused-ring (bicyclic) bond motifs is 1. The third kappa shape index (κ3) is 2.62. The maximum Gasteiger partial charge on any atom is 0.222 e. The Kier molecular flexibility index (Phi) is 3.96. The van der Waals surface area contributed by atoms with Crippen molar-refractivity contribution in [1.82, 2.24) is 9.55 Å². The van der Waals surface area contributed by atoms with Crippen molar-refractivity contribution in [3.63, 3.8) is 0 Å². The summed E-state index contributed by atoms with van der Waals surface area (Å²) in [6.07, 6.45) is 0. The number of imidazole rings is 1. The molecule has 6 heteroatoms. The van der Waals surface area contributed by atoms with Crippen molar-refractivity contribution in [3.8, 4) is 6.07 Å². The Morgan fingerprint density at radius 3 is 2.87 bits per heavy atom. The summed E-state index contributed by atoms with van der Waals surface area (Å²) in [5.74, 6) is -0.348. The quantitative estimate of drug-likeness (QED) is 0.677. The zero-order chi connectivity index (χ0) is 16.4. The number of hydrogen-bond donors (Lipinski definition) is 0. The van der Waals surface area contributed by atoms with Crippen molar-refractivity contribution >= 4 is 16.8 Å². The van der Waals surface area contributed by atoms with Crippen LogP contribution in [0.5, 0.6) is 0 Å². The lowest BCUT2D eigenvalue weighted by Crippen LogP contribution is -2.15. The molecule has 0 bridgehead atoms. The number of ether oxygens (including phenoxy) is 1. The van der Waals surface area contributed by atoms with Gasteiger partial charge >= 0.3 is 0 Å². The number of carbonyl (C=O) groups excluding carboxylic acids is 1. The fraction of sp³-hybridized carbons (Fsp3) is 0.235. The molecule has 0 aliphatic rings. The maximum absolute atomic E-state index is 12.6. The van der Waals surface area contributed by atoms with Crippen LogP contribution < -0.4 is 0 Å². The Balaban J connectivity index is 1.99. The predicted molar refractivity (Wildman–Crippen MR) is 82.8 cm³/mol. The van der Waals surface area contributed by atoms with Gasteiger partial charge in [0, 0.05) is 14.2 Å². The molecule has 116 valence electrons. The normalized spacial score (nSPS) is 12.2. The van der Waals surface area contributed by atoms with Crippen molar-refractivity contribution in [3.05, 3.63) is 53.7 Å². The number of nitriles is 1. The number of nitrogens with zero attached hydrogens (tertiary/aromatic N) is 3. The zero-order valence-corrected chi connectivity index (χ0v) is 12.8. The summed E-state index contributed by atoms with van der Waals surface area (Å²) in [6.45, 7) is 0.275. The highest BCUT2D eigenvalue weighted by atomic mass is 16.5. The second kappa shape index (κ2) is 6.07. The van der Waals surface area contributed by atoms with Crippen LogP contribution >= 0.6 is 0 Å². The van der Waals surface area contributed by atoms with Crippen LogP contribution in [0.25, 0.3) is 11.0 Å². The predicted octanol–water partition coefficient (Wildman–Crippen LogP) is 2.80. The smallest absolute Gasteiger partial charge is 0.222 e. The van der Waals surface area contributed by atoms with Crippen LogP contribution in [-0.2, 0) is 18.4 Å². The molecule has 1 unspecified atom stereocenters. The summed E-state index contributed by atoms with van der Waals surface area (Å²) >= 11 is 0. The first kappa shape index (κ1) is 15.0. The Morgan fingerprint density at radius 1 is 1.39 bits per heavy atom. The molecule has 1 aromatic carbocycles. The van der Waals surface area contributed by atoms with Crippen LogP contribution in [0, 0.1) is 11.3 Å². The maximum atomic E-state index is 12.6. The number of aromatic nitrogens is 2. The summed E-state index contributed by atoms with van der Waals surface area (Å²) in [7, 11) is 3.34. The second-order valence-corrected chi connectivity index (χ2v) is 5.14. The molecular weight excluding hydrogens is 294 g/mol. The summed E-state index contributed by atoms with van der Waals surface area (Å²) in [6, 6.07) is 12.8. The third-order valence-electron chi connectivity index (χ3n) is 3.66. The number of hydrogen-bond acceptors (Lipinski definition) is 5. The molecule has 3 rings (SSSR count). The van der Waals surface area contributed by atoms with Gasteiger partial charge in [-0.2, -0.15) is 5.26 Å². The first-order valence-corrected chi connectivity index (χ1v) is 7.08. The van der Waals surface area contributed by atoms with Crippen molar-refractivity contribution < 1.29 is 13.9 Å². The summed E-state index contributed by atoms with van der Waals surface area (Å²) in [5, 5.41) is 9.48. The first-order chi connectivity index (χ1) is 11.2. The molecule has 1 atom stereocenters. The molecule has 0 aliphatic carbocycles. The molecule has 0 saturated heterocycles. The van der Waals surface area contributed by atoms with Gasteiger partial charge in [-0.1, -0.05) is 12.1 Å². The number of carbonyl (C=O) groups is 1. The minimum atomic E-state index is -1.02. The minimum absolute atomic E-state index is 0.135. The van der Waals surface area contributed by atoms with Crippen molar-refractivity contribution in [2.24, 2.45) is 7.05 Å². The Morgan fingerprint density at radius 2 is 2.17 bits per heavy atom. The Hall–Kier alpha value is -2.91. The molecule has 6 nitrogen and oxygen atoms in total. The molecule has 0 aliphatic heterocycles. The van der Waals surface area contributed by atoms with Gasteiger partial charge in [-0.3, -0.25) is 4.79 Å². The van der Waals surface area contributed by atoms with Crippen LogP contribution in [-0.4, -0.2) is 22.4 Å². The highest BCUT2D eigenvalue weighted by molar-refractivity contribution is 6.00. The molecule has 0 spiro atoms. The van der Waals surface area contributed by atoms with Crippen LogP contribution in [0.15, 0.2) is 40.8 Å². The van der Waals surface area contributed by atoms with Gasteiger partial charge in [0.1, 0.15) is 18.2 Å². The van der Waals surface area contributed by atoms with Gasteiger partial charge < -0.3 is 13.7 Å². The fourth-order valence-corrected chi connectivity index (χ4v) is 2.53. The molecule has 2 aromatic heterocycles. The van der Waals surface area contributed by atoms with E-state index < -0.39 is 11.7 Å². The van der Waals surface area contributed by atoms with E-state index in [-0.39, 0.29) is 12.4 Å². The molecule has 0 fully saturated rings. The first-order valence-electron chi connectivity index (χ1n) is 7.08. The lowest BCUT2D eigenvalue weighted by atomic mass is 10.0. The van der Waals surface area contributed by atoms with E-state index in [1.165, 1.54) is 0 Å². The monoisotopic (exact) mass is 309 g/mol. The number of Topliss-reactive ketones (excluding diaryl/α,β-unsaturated/α-hetero) is 1. The number of furan rings is 1. The highest BCUT2D eigenvalue weighted by Gasteiger charge is 2.29. The van der Waals surface area contributed by atoms with E-state index in [0.717, 1.165) is 11.0 Å².